The molecule has 1 aromatic rings. The van der Waals surface area contributed by atoms with Gasteiger partial charge in [-0.15, -0.1) is 0 Å². The summed E-state index contributed by atoms with van der Waals surface area (Å²) in [5.41, 5.74) is 0.631. The topological polar surface area (TPSA) is 92.3 Å². The highest BCUT2D eigenvalue weighted by molar-refractivity contribution is 6.07. The Kier molecular flexibility index (Phi) is 30.6. The van der Waals surface area contributed by atoms with Crippen LogP contribution in [0.5, 0.6) is 0 Å². The van der Waals surface area contributed by atoms with Crippen LogP contribution in [0, 0.1) is 0 Å². The molecule has 0 fully saturated rings. The zero-order chi connectivity index (χ0) is 36.3. The number of rotatable bonds is 34. The average Bonchev–Trinajstić information content (AvgIpc) is 3.11. The standard InChI is InChI=1S/C44H76N2O4/c1-3-5-7-9-11-13-15-17-19-21-23-25-27-29-31-33-41(47)45-43(49)39-35-37-40(38-36-39)44(50)46-42(48)34-32-30-28-26-24-22-20-18-16-14-12-10-8-6-4-2/h35-38H,3-34H2,1-2H3,(H,45,47,49)(H,46,48,50). The molecule has 0 heterocycles. The van der Waals surface area contributed by atoms with Gasteiger partial charge in [0.2, 0.25) is 11.8 Å². The predicted molar refractivity (Wildman–Crippen MR) is 210 cm³/mol. The van der Waals surface area contributed by atoms with Gasteiger partial charge in [0.25, 0.3) is 11.8 Å². The fourth-order valence-corrected chi connectivity index (χ4v) is 6.61. The normalized spacial score (nSPS) is 11.1. The highest BCUT2D eigenvalue weighted by atomic mass is 16.2. The second-order valence-electron chi connectivity index (χ2n) is 14.7. The molecule has 0 aliphatic rings. The molecule has 6 nitrogen and oxygen atoms in total. The van der Waals surface area contributed by atoms with Gasteiger partial charge in [-0.25, -0.2) is 0 Å². The van der Waals surface area contributed by atoms with Crippen LogP contribution < -0.4 is 10.6 Å². The first-order valence-corrected chi connectivity index (χ1v) is 21.3. The Morgan fingerprint density at radius 3 is 0.760 bits per heavy atom. The quantitative estimate of drug-likeness (QED) is 0.0702. The number of carbonyl (C=O) groups excluding carboxylic acids is 4. The van der Waals surface area contributed by atoms with Crippen molar-refractivity contribution in [1.82, 2.24) is 10.6 Å². The number of carbonyl (C=O) groups is 4. The maximum Gasteiger partial charge on any atom is 0.257 e. The van der Waals surface area contributed by atoms with Crippen molar-refractivity contribution in [3.63, 3.8) is 0 Å². The lowest BCUT2D eigenvalue weighted by Crippen LogP contribution is -2.31. The summed E-state index contributed by atoms with van der Waals surface area (Å²) >= 11 is 0. The first-order valence-electron chi connectivity index (χ1n) is 21.3. The number of amides is 4. The first-order chi connectivity index (χ1) is 24.5. The van der Waals surface area contributed by atoms with Crippen molar-refractivity contribution < 1.29 is 19.2 Å². The van der Waals surface area contributed by atoms with Crippen LogP contribution in [0.15, 0.2) is 24.3 Å². The van der Waals surface area contributed by atoms with Gasteiger partial charge in [-0.1, -0.05) is 194 Å². The summed E-state index contributed by atoms with van der Waals surface area (Å²) in [6, 6.07) is 6.07. The Morgan fingerprint density at radius 1 is 0.340 bits per heavy atom. The molecule has 0 saturated heterocycles. The summed E-state index contributed by atoms with van der Waals surface area (Å²) in [7, 11) is 0. The largest absolute Gasteiger partial charge is 0.292 e. The SMILES string of the molecule is CCCCCCCCCCCCCCCCCC(=O)NC(=O)c1ccc(C(=O)NC(=O)CCCCCCCCCCCCCCCCC)cc1. The van der Waals surface area contributed by atoms with E-state index in [-0.39, 0.29) is 11.8 Å². The van der Waals surface area contributed by atoms with Crippen molar-refractivity contribution in [2.75, 3.05) is 0 Å². The van der Waals surface area contributed by atoms with E-state index in [1.807, 2.05) is 0 Å². The van der Waals surface area contributed by atoms with E-state index in [1.54, 1.807) is 0 Å². The van der Waals surface area contributed by atoms with Crippen molar-refractivity contribution in [3.8, 4) is 0 Å². The van der Waals surface area contributed by atoms with Gasteiger partial charge in [0.15, 0.2) is 0 Å². The number of unbranched alkanes of at least 4 members (excludes halogenated alkanes) is 28. The zero-order valence-corrected chi connectivity index (χ0v) is 32.6. The lowest BCUT2D eigenvalue weighted by atomic mass is 10.0. The summed E-state index contributed by atoms with van der Waals surface area (Å²) in [5.74, 6) is -1.47. The first kappa shape index (κ1) is 45.5. The van der Waals surface area contributed by atoms with Crippen LogP contribution in [-0.4, -0.2) is 23.6 Å². The van der Waals surface area contributed by atoms with E-state index >= 15 is 0 Å². The van der Waals surface area contributed by atoms with Crippen LogP contribution in [-0.2, 0) is 9.59 Å². The summed E-state index contributed by atoms with van der Waals surface area (Å²) in [6.45, 7) is 4.53. The van der Waals surface area contributed by atoms with Crippen LogP contribution in [0.2, 0.25) is 0 Å². The van der Waals surface area contributed by atoms with Crippen LogP contribution in [0.3, 0.4) is 0 Å². The average molecular weight is 697 g/mol. The van der Waals surface area contributed by atoms with E-state index < -0.39 is 11.8 Å². The minimum absolute atomic E-state index is 0.268. The molecule has 0 radical (unpaired) electrons. The molecule has 50 heavy (non-hydrogen) atoms. The van der Waals surface area contributed by atoms with Gasteiger partial charge >= 0.3 is 0 Å². The summed E-state index contributed by atoms with van der Waals surface area (Å²) in [4.78, 5) is 49.6. The highest BCUT2D eigenvalue weighted by Crippen LogP contribution is 2.15. The fraction of sp³-hybridized carbons (Fsp3) is 0.773. The summed E-state index contributed by atoms with van der Waals surface area (Å²) in [6.07, 6.45) is 38.8. The third kappa shape index (κ3) is 27.3. The van der Waals surface area contributed by atoms with Gasteiger partial charge < -0.3 is 0 Å². The van der Waals surface area contributed by atoms with Crippen molar-refractivity contribution >= 4 is 23.6 Å². The third-order valence-corrected chi connectivity index (χ3v) is 9.93. The van der Waals surface area contributed by atoms with E-state index in [0.717, 1.165) is 38.5 Å². The predicted octanol–water partition coefficient (Wildman–Crippen LogP) is 12.7. The van der Waals surface area contributed by atoms with Crippen LogP contribution >= 0.6 is 0 Å². The smallest absolute Gasteiger partial charge is 0.257 e. The fourth-order valence-electron chi connectivity index (χ4n) is 6.61. The van der Waals surface area contributed by atoms with Crippen LogP contribution in [0.4, 0.5) is 0 Å². The van der Waals surface area contributed by atoms with Crippen LogP contribution in [0.25, 0.3) is 0 Å². The van der Waals surface area contributed by atoms with Crippen molar-refractivity contribution in [3.05, 3.63) is 35.4 Å². The molecule has 1 aromatic carbocycles. The Morgan fingerprint density at radius 2 is 0.540 bits per heavy atom. The molecule has 0 atom stereocenters. The molecule has 2 N–H and O–H groups in total. The third-order valence-electron chi connectivity index (χ3n) is 9.93. The molecule has 0 spiro atoms. The van der Waals surface area contributed by atoms with Crippen molar-refractivity contribution in [1.29, 1.82) is 0 Å². The second-order valence-corrected chi connectivity index (χ2v) is 14.7. The van der Waals surface area contributed by atoms with Crippen molar-refractivity contribution in [2.24, 2.45) is 0 Å². The van der Waals surface area contributed by atoms with E-state index in [9.17, 15) is 19.2 Å². The van der Waals surface area contributed by atoms with Crippen molar-refractivity contribution in [2.45, 2.75) is 219 Å². The van der Waals surface area contributed by atoms with E-state index in [0.29, 0.717) is 24.0 Å². The van der Waals surface area contributed by atoms with E-state index in [4.69, 9.17) is 0 Å². The number of imide groups is 2. The minimum Gasteiger partial charge on any atom is -0.292 e. The molecule has 286 valence electrons. The molecule has 0 saturated carbocycles. The molecule has 1 rings (SSSR count). The molecule has 4 amide bonds. The summed E-state index contributed by atoms with van der Waals surface area (Å²) in [5, 5.41) is 4.91. The molecular formula is C44H76N2O4. The van der Waals surface area contributed by atoms with E-state index in [2.05, 4.69) is 24.5 Å². The monoisotopic (exact) mass is 697 g/mol. The molecule has 0 aromatic heterocycles. The molecule has 0 unspecified atom stereocenters. The number of hydrogen-bond acceptors (Lipinski definition) is 4. The summed E-state index contributed by atoms with van der Waals surface area (Å²) < 4.78 is 0. The lowest BCUT2D eigenvalue weighted by Gasteiger charge is -2.07. The van der Waals surface area contributed by atoms with Crippen LogP contribution in [0.1, 0.15) is 240 Å². The number of benzene rings is 1. The highest BCUT2D eigenvalue weighted by Gasteiger charge is 2.13. The Hall–Kier alpha value is -2.50. The van der Waals surface area contributed by atoms with Gasteiger partial charge in [0.1, 0.15) is 0 Å². The molecular weight excluding hydrogens is 620 g/mol. The van der Waals surface area contributed by atoms with E-state index in [1.165, 1.54) is 178 Å². The number of hydrogen-bond donors (Lipinski definition) is 2. The Balaban J connectivity index is 2.03. The van der Waals surface area contributed by atoms with Gasteiger partial charge in [-0.05, 0) is 37.1 Å². The van der Waals surface area contributed by atoms with Gasteiger partial charge in [-0.3, -0.25) is 29.8 Å². The second kappa shape index (κ2) is 33.6. The maximum absolute atomic E-state index is 12.5. The molecule has 0 aliphatic carbocycles. The Labute approximate surface area is 307 Å². The molecule has 0 aliphatic heterocycles. The molecule has 6 heteroatoms. The maximum atomic E-state index is 12.5. The number of nitrogens with one attached hydrogen (secondary N) is 2. The van der Waals surface area contributed by atoms with Gasteiger partial charge in [-0.2, -0.15) is 0 Å². The van der Waals surface area contributed by atoms with Gasteiger partial charge in [0.05, 0.1) is 0 Å². The lowest BCUT2D eigenvalue weighted by molar-refractivity contribution is -0.121. The zero-order valence-electron chi connectivity index (χ0n) is 32.6. The van der Waals surface area contributed by atoms with Gasteiger partial charge in [0, 0.05) is 24.0 Å². The molecule has 0 bridgehead atoms. The minimum atomic E-state index is -0.466. The Bertz CT molecular complexity index is 911.